The summed E-state index contributed by atoms with van der Waals surface area (Å²) in [4.78, 5) is 0. The van der Waals surface area contributed by atoms with Gasteiger partial charge in [0.1, 0.15) is 11.9 Å². The lowest BCUT2D eigenvalue weighted by Gasteiger charge is -2.42. The zero-order valence-corrected chi connectivity index (χ0v) is 16.7. The topological polar surface area (TPSA) is 18.5 Å². The van der Waals surface area contributed by atoms with Crippen LogP contribution in [0.15, 0.2) is 24.3 Å². The van der Waals surface area contributed by atoms with Gasteiger partial charge in [0, 0.05) is 17.6 Å². The SMILES string of the molecule is Cc1ccc(OC(=S)O[C@@H]2CC[C@]3(C)CC(C)(C)[C@H]4CCC[C@@]423)cc1. The smallest absolute Gasteiger partial charge is 0.358 e. The van der Waals surface area contributed by atoms with Gasteiger partial charge in [0.25, 0.3) is 0 Å². The molecule has 3 heteroatoms. The predicted molar refractivity (Wildman–Crippen MR) is 105 cm³/mol. The first-order valence-electron chi connectivity index (χ1n) is 9.72. The van der Waals surface area contributed by atoms with E-state index in [4.69, 9.17) is 21.7 Å². The van der Waals surface area contributed by atoms with E-state index in [1.54, 1.807) is 0 Å². The Hall–Kier alpha value is -1.09. The first-order valence-corrected chi connectivity index (χ1v) is 10.1. The molecule has 0 amide bonds. The molecule has 0 saturated heterocycles. The summed E-state index contributed by atoms with van der Waals surface area (Å²) in [6.45, 7) is 9.51. The highest BCUT2D eigenvalue weighted by atomic mass is 32.1. The molecule has 0 bridgehead atoms. The molecule has 25 heavy (non-hydrogen) atoms. The van der Waals surface area contributed by atoms with E-state index in [0.717, 1.165) is 18.1 Å². The first-order chi connectivity index (χ1) is 11.8. The third-order valence-electron chi connectivity index (χ3n) is 7.61. The van der Waals surface area contributed by atoms with Crippen LogP contribution in [0.5, 0.6) is 5.75 Å². The Morgan fingerprint density at radius 1 is 1.08 bits per heavy atom. The third-order valence-corrected chi connectivity index (χ3v) is 7.79. The standard InChI is InChI=1S/C22H30O2S/c1-15-7-9-16(10-8-15)23-19(25)24-18-11-13-21(4)14-20(2,3)17-6-5-12-22(17,18)21/h7-10,17-18H,5-6,11-14H2,1-4H3/t17-,18-,21-,22-/m1/s1. The number of rotatable bonds is 2. The summed E-state index contributed by atoms with van der Waals surface area (Å²) in [5, 5.41) is 0.294. The van der Waals surface area contributed by atoms with Crippen LogP contribution in [0.25, 0.3) is 0 Å². The number of thiocarbonyl (C=S) groups is 1. The van der Waals surface area contributed by atoms with Gasteiger partial charge >= 0.3 is 5.24 Å². The summed E-state index contributed by atoms with van der Waals surface area (Å²) in [6, 6.07) is 7.99. The summed E-state index contributed by atoms with van der Waals surface area (Å²) in [6.07, 6.45) is 7.85. The van der Waals surface area contributed by atoms with Crippen molar-refractivity contribution in [3.8, 4) is 5.75 Å². The number of hydrogen-bond donors (Lipinski definition) is 0. The van der Waals surface area contributed by atoms with Crippen molar-refractivity contribution in [3.63, 3.8) is 0 Å². The van der Waals surface area contributed by atoms with Crippen molar-refractivity contribution in [3.05, 3.63) is 29.8 Å². The Bertz CT molecular complexity index is 680. The molecule has 3 saturated carbocycles. The van der Waals surface area contributed by atoms with Crippen LogP contribution in [0.1, 0.15) is 64.9 Å². The fourth-order valence-corrected chi connectivity index (χ4v) is 7.16. The van der Waals surface area contributed by atoms with Crippen LogP contribution in [-0.2, 0) is 4.74 Å². The van der Waals surface area contributed by atoms with E-state index in [1.165, 1.54) is 37.7 Å². The highest BCUT2D eigenvalue weighted by Crippen LogP contribution is 2.76. The Balaban J connectivity index is 1.53. The minimum atomic E-state index is 0.213. The first kappa shape index (κ1) is 17.3. The van der Waals surface area contributed by atoms with Crippen molar-refractivity contribution < 1.29 is 9.47 Å². The maximum Gasteiger partial charge on any atom is 0.358 e. The molecule has 0 heterocycles. The second-order valence-corrected chi connectivity index (χ2v) is 9.85. The molecule has 0 aromatic heterocycles. The van der Waals surface area contributed by atoms with Gasteiger partial charge in [-0.1, -0.05) is 44.9 Å². The molecule has 1 aromatic carbocycles. The molecule has 1 aromatic rings. The summed E-state index contributed by atoms with van der Waals surface area (Å²) in [5.41, 5.74) is 2.30. The lowest BCUT2D eigenvalue weighted by atomic mass is 9.65. The molecular formula is C22H30O2S. The Kier molecular flexibility index (Phi) is 3.95. The zero-order valence-electron chi connectivity index (χ0n) is 15.9. The van der Waals surface area contributed by atoms with E-state index in [2.05, 4.69) is 27.7 Å². The molecule has 4 atom stereocenters. The lowest BCUT2D eigenvalue weighted by molar-refractivity contribution is -0.0215. The number of hydrogen-bond acceptors (Lipinski definition) is 3. The fraction of sp³-hybridized carbons (Fsp3) is 0.682. The van der Waals surface area contributed by atoms with Gasteiger partial charge in [0.15, 0.2) is 0 Å². The minimum Gasteiger partial charge on any atom is -0.453 e. The van der Waals surface area contributed by atoms with Gasteiger partial charge in [-0.3, -0.25) is 0 Å². The van der Waals surface area contributed by atoms with Crippen molar-refractivity contribution in [1.82, 2.24) is 0 Å². The van der Waals surface area contributed by atoms with Gasteiger partial charge in [-0.2, -0.15) is 0 Å². The van der Waals surface area contributed by atoms with Gasteiger partial charge in [-0.05, 0) is 67.9 Å². The van der Waals surface area contributed by atoms with Gasteiger partial charge < -0.3 is 9.47 Å². The molecule has 3 aliphatic carbocycles. The summed E-state index contributed by atoms with van der Waals surface area (Å²) in [7, 11) is 0. The quantitative estimate of drug-likeness (QED) is 0.599. The molecule has 3 aliphatic rings. The Morgan fingerprint density at radius 2 is 1.80 bits per heavy atom. The molecule has 1 spiro atoms. The monoisotopic (exact) mass is 358 g/mol. The maximum atomic E-state index is 6.33. The third kappa shape index (κ3) is 2.53. The van der Waals surface area contributed by atoms with Crippen LogP contribution >= 0.6 is 12.2 Å². The second kappa shape index (κ2) is 5.70. The van der Waals surface area contributed by atoms with Crippen LogP contribution in [0.3, 0.4) is 0 Å². The zero-order chi connectivity index (χ0) is 17.9. The van der Waals surface area contributed by atoms with Crippen molar-refractivity contribution >= 4 is 17.5 Å². The molecule has 0 aliphatic heterocycles. The maximum absolute atomic E-state index is 6.33. The number of benzene rings is 1. The van der Waals surface area contributed by atoms with Crippen molar-refractivity contribution in [2.75, 3.05) is 0 Å². The highest BCUT2D eigenvalue weighted by Gasteiger charge is 2.71. The van der Waals surface area contributed by atoms with Crippen LogP contribution < -0.4 is 4.74 Å². The van der Waals surface area contributed by atoms with Crippen LogP contribution in [0.4, 0.5) is 0 Å². The molecule has 4 rings (SSSR count). The highest BCUT2D eigenvalue weighted by molar-refractivity contribution is 7.79. The largest absolute Gasteiger partial charge is 0.453 e. The summed E-state index contributed by atoms with van der Waals surface area (Å²) in [5.74, 6) is 1.52. The fourth-order valence-electron chi connectivity index (χ4n) is 6.94. The van der Waals surface area contributed by atoms with Crippen molar-refractivity contribution in [2.24, 2.45) is 22.2 Å². The molecule has 2 nitrogen and oxygen atoms in total. The van der Waals surface area contributed by atoms with Gasteiger partial charge in [0.05, 0.1) is 0 Å². The van der Waals surface area contributed by atoms with Gasteiger partial charge in [-0.15, -0.1) is 0 Å². The van der Waals surface area contributed by atoms with Crippen LogP contribution in [0.2, 0.25) is 0 Å². The van der Waals surface area contributed by atoms with E-state index in [-0.39, 0.29) is 11.5 Å². The van der Waals surface area contributed by atoms with E-state index in [0.29, 0.717) is 16.1 Å². The van der Waals surface area contributed by atoms with Crippen molar-refractivity contribution in [1.29, 1.82) is 0 Å². The Morgan fingerprint density at radius 3 is 2.52 bits per heavy atom. The average molecular weight is 359 g/mol. The minimum absolute atomic E-state index is 0.213. The van der Waals surface area contributed by atoms with Gasteiger partial charge in [0.2, 0.25) is 0 Å². The summed E-state index contributed by atoms with van der Waals surface area (Å²) >= 11 is 5.47. The Labute approximate surface area is 157 Å². The molecule has 3 fully saturated rings. The summed E-state index contributed by atoms with van der Waals surface area (Å²) < 4.78 is 12.2. The molecular weight excluding hydrogens is 328 g/mol. The lowest BCUT2D eigenvalue weighted by Crippen LogP contribution is -2.43. The van der Waals surface area contributed by atoms with E-state index >= 15 is 0 Å². The second-order valence-electron chi connectivity index (χ2n) is 9.52. The van der Waals surface area contributed by atoms with Crippen LogP contribution in [0, 0.1) is 29.1 Å². The predicted octanol–water partition coefficient (Wildman–Crippen LogP) is 6.06. The van der Waals surface area contributed by atoms with Gasteiger partial charge in [-0.25, -0.2) is 0 Å². The average Bonchev–Trinajstić information content (AvgIpc) is 3.13. The molecule has 0 N–H and O–H groups in total. The number of aryl methyl sites for hydroxylation is 1. The van der Waals surface area contributed by atoms with E-state index < -0.39 is 0 Å². The normalized spacial score (nSPS) is 38.2. The number of ether oxygens (including phenoxy) is 2. The van der Waals surface area contributed by atoms with Crippen LogP contribution in [-0.4, -0.2) is 11.3 Å². The van der Waals surface area contributed by atoms with Crippen molar-refractivity contribution in [2.45, 2.75) is 72.3 Å². The van der Waals surface area contributed by atoms with E-state index in [9.17, 15) is 0 Å². The molecule has 136 valence electrons. The molecule has 0 unspecified atom stereocenters. The molecule has 0 radical (unpaired) electrons. The van der Waals surface area contributed by atoms with E-state index in [1.807, 2.05) is 24.3 Å².